The van der Waals surface area contributed by atoms with E-state index in [4.69, 9.17) is 0 Å². The van der Waals surface area contributed by atoms with Crippen LogP contribution >= 0.6 is 0 Å². The van der Waals surface area contributed by atoms with Crippen molar-refractivity contribution in [3.63, 3.8) is 0 Å². The second-order valence-electron chi connectivity index (χ2n) is 4.91. The average Bonchev–Trinajstić information content (AvgIpc) is 2.63. The van der Waals surface area contributed by atoms with Crippen LogP contribution < -0.4 is 5.32 Å². The Morgan fingerprint density at radius 3 is 2.61 bits per heavy atom. The molecule has 0 radical (unpaired) electrons. The number of carbonyl (C=O) groups excluding carboxylic acids is 1. The van der Waals surface area contributed by atoms with Gasteiger partial charge in [0.2, 0.25) is 5.91 Å². The molecule has 1 atom stereocenters. The lowest BCUT2D eigenvalue weighted by Crippen LogP contribution is -2.24. The summed E-state index contributed by atoms with van der Waals surface area (Å²) in [6.07, 6.45) is 0.430. The van der Waals surface area contributed by atoms with Crippen LogP contribution in [0.4, 0.5) is 5.69 Å². The summed E-state index contributed by atoms with van der Waals surface area (Å²) in [6.45, 7) is 3.91. The van der Waals surface area contributed by atoms with Crippen LogP contribution in [0.15, 0.2) is 18.2 Å². The van der Waals surface area contributed by atoms with Crippen LogP contribution in [0.1, 0.15) is 17.5 Å². The zero-order valence-corrected chi connectivity index (χ0v) is 11.4. The minimum absolute atomic E-state index is 0.0241. The molecular weight excluding hydrogens is 250 g/mol. The van der Waals surface area contributed by atoms with Gasteiger partial charge in [-0.1, -0.05) is 17.7 Å². The first-order valence-corrected chi connectivity index (χ1v) is 7.78. The molecule has 4 nitrogen and oxygen atoms in total. The summed E-state index contributed by atoms with van der Waals surface area (Å²) < 4.78 is 22.7. The van der Waals surface area contributed by atoms with E-state index in [0.29, 0.717) is 6.42 Å². The zero-order chi connectivity index (χ0) is 13.3. The van der Waals surface area contributed by atoms with Crippen LogP contribution in [-0.2, 0) is 14.6 Å². The molecular formula is C13H17NO3S. The molecule has 0 aromatic heterocycles. The van der Waals surface area contributed by atoms with Gasteiger partial charge in [0, 0.05) is 5.69 Å². The normalized spacial score (nSPS) is 21.8. The van der Waals surface area contributed by atoms with E-state index in [9.17, 15) is 13.2 Å². The Bertz CT molecular complexity index is 578. The molecule has 1 heterocycles. The highest BCUT2D eigenvalue weighted by Gasteiger charge is 2.32. The van der Waals surface area contributed by atoms with Crippen molar-refractivity contribution in [3.8, 4) is 0 Å². The SMILES string of the molecule is Cc1ccc(NC(=O)[C@@H]2CCS(=O)(=O)C2)c(C)c1. The maximum absolute atomic E-state index is 12.0. The maximum atomic E-state index is 12.0. The summed E-state index contributed by atoms with van der Waals surface area (Å²) in [6, 6.07) is 5.76. The van der Waals surface area contributed by atoms with Gasteiger partial charge in [0.05, 0.1) is 17.4 Å². The number of rotatable bonds is 2. The highest BCUT2D eigenvalue weighted by Crippen LogP contribution is 2.22. The van der Waals surface area contributed by atoms with Crippen molar-refractivity contribution in [2.24, 2.45) is 5.92 Å². The summed E-state index contributed by atoms with van der Waals surface area (Å²) in [5, 5.41) is 2.81. The molecule has 0 unspecified atom stereocenters. The number of sulfone groups is 1. The van der Waals surface area contributed by atoms with Crippen LogP contribution in [-0.4, -0.2) is 25.8 Å². The smallest absolute Gasteiger partial charge is 0.228 e. The molecule has 1 saturated heterocycles. The van der Waals surface area contributed by atoms with Crippen LogP contribution in [0.5, 0.6) is 0 Å². The van der Waals surface area contributed by atoms with Crippen LogP contribution in [0.25, 0.3) is 0 Å². The molecule has 1 aliphatic heterocycles. The largest absolute Gasteiger partial charge is 0.326 e. The van der Waals surface area contributed by atoms with E-state index in [1.54, 1.807) is 0 Å². The van der Waals surface area contributed by atoms with Gasteiger partial charge in [0.1, 0.15) is 0 Å². The highest BCUT2D eigenvalue weighted by molar-refractivity contribution is 7.91. The van der Waals surface area contributed by atoms with Gasteiger partial charge in [-0.25, -0.2) is 8.42 Å². The van der Waals surface area contributed by atoms with Crippen molar-refractivity contribution in [3.05, 3.63) is 29.3 Å². The zero-order valence-electron chi connectivity index (χ0n) is 10.6. The highest BCUT2D eigenvalue weighted by atomic mass is 32.2. The van der Waals surface area contributed by atoms with E-state index in [2.05, 4.69) is 5.32 Å². The molecule has 1 aliphatic rings. The van der Waals surface area contributed by atoms with E-state index < -0.39 is 15.8 Å². The van der Waals surface area contributed by atoms with Crippen molar-refractivity contribution in [2.75, 3.05) is 16.8 Å². The van der Waals surface area contributed by atoms with E-state index >= 15 is 0 Å². The molecule has 18 heavy (non-hydrogen) atoms. The molecule has 1 fully saturated rings. The first-order chi connectivity index (χ1) is 8.37. The summed E-state index contributed by atoms with van der Waals surface area (Å²) >= 11 is 0. The van der Waals surface area contributed by atoms with Crippen molar-refractivity contribution >= 4 is 21.4 Å². The van der Waals surface area contributed by atoms with Crippen molar-refractivity contribution in [1.82, 2.24) is 0 Å². The molecule has 0 spiro atoms. The maximum Gasteiger partial charge on any atom is 0.228 e. The molecule has 1 amide bonds. The second kappa shape index (κ2) is 4.72. The van der Waals surface area contributed by atoms with E-state index in [0.717, 1.165) is 16.8 Å². The fourth-order valence-electron chi connectivity index (χ4n) is 2.19. The van der Waals surface area contributed by atoms with Gasteiger partial charge >= 0.3 is 0 Å². The fraction of sp³-hybridized carbons (Fsp3) is 0.462. The molecule has 1 aromatic rings. The van der Waals surface area contributed by atoms with Gasteiger partial charge in [-0.3, -0.25) is 4.79 Å². The van der Waals surface area contributed by atoms with Crippen LogP contribution in [0.2, 0.25) is 0 Å². The minimum Gasteiger partial charge on any atom is -0.326 e. The molecule has 0 bridgehead atoms. The fourth-order valence-corrected chi connectivity index (χ4v) is 3.93. The molecule has 0 aliphatic carbocycles. The van der Waals surface area contributed by atoms with E-state index in [-0.39, 0.29) is 17.4 Å². The van der Waals surface area contributed by atoms with Gasteiger partial charge in [0.25, 0.3) is 0 Å². The topological polar surface area (TPSA) is 63.2 Å². The standard InChI is InChI=1S/C13H17NO3S/c1-9-3-4-12(10(2)7-9)14-13(15)11-5-6-18(16,17)8-11/h3-4,7,11H,5-6,8H2,1-2H3,(H,14,15)/t11-/m1/s1. The monoisotopic (exact) mass is 267 g/mol. The Hall–Kier alpha value is -1.36. The Morgan fingerprint density at radius 2 is 2.06 bits per heavy atom. The minimum atomic E-state index is -3.01. The summed E-state index contributed by atoms with van der Waals surface area (Å²) in [5.74, 6) is -0.499. The number of hydrogen-bond acceptors (Lipinski definition) is 3. The molecule has 5 heteroatoms. The van der Waals surface area contributed by atoms with E-state index in [1.165, 1.54) is 0 Å². The molecule has 0 saturated carbocycles. The van der Waals surface area contributed by atoms with E-state index in [1.807, 2.05) is 32.0 Å². The Morgan fingerprint density at radius 1 is 1.33 bits per heavy atom. The molecule has 98 valence electrons. The third-order valence-corrected chi connectivity index (χ3v) is 5.01. The van der Waals surface area contributed by atoms with Crippen LogP contribution in [0, 0.1) is 19.8 Å². The van der Waals surface area contributed by atoms with Crippen molar-refractivity contribution in [2.45, 2.75) is 20.3 Å². The van der Waals surface area contributed by atoms with Crippen LogP contribution in [0.3, 0.4) is 0 Å². The number of anilines is 1. The van der Waals surface area contributed by atoms with Gasteiger partial charge in [-0.05, 0) is 31.9 Å². The predicted octanol–water partition coefficient (Wildman–Crippen LogP) is 1.68. The van der Waals surface area contributed by atoms with Gasteiger partial charge in [-0.2, -0.15) is 0 Å². The quantitative estimate of drug-likeness (QED) is 0.886. The number of amides is 1. The summed E-state index contributed by atoms with van der Waals surface area (Å²) in [5.41, 5.74) is 2.88. The van der Waals surface area contributed by atoms with Gasteiger partial charge < -0.3 is 5.32 Å². The lowest BCUT2D eigenvalue weighted by Gasteiger charge is -2.12. The lowest BCUT2D eigenvalue weighted by atomic mass is 10.1. The number of nitrogens with one attached hydrogen (secondary N) is 1. The third kappa shape index (κ3) is 2.90. The molecule has 1 N–H and O–H groups in total. The first-order valence-electron chi connectivity index (χ1n) is 5.96. The number of aryl methyl sites for hydroxylation is 2. The number of benzene rings is 1. The first kappa shape index (κ1) is 13.1. The molecule has 2 rings (SSSR count). The number of carbonyl (C=O) groups is 1. The number of hydrogen-bond donors (Lipinski definition) is 1. The summed E-state index contributed by atoms with van der Waals surface area (Å²) in [4.78, 5) is 12.0. The van der Waals surface area contributed by atoms with Crippen molar-refractivity contribution < 1.29 is 13.2 Å². The Kier molecular flexibility index (Phi) is 3.43. The lowest BCUT2D eigenvalue weighted by molar-refractivity contribution is -0.119. The Balaban J connectivity index is 2.08. The molecule has 1 aromatic carbocycles. The third-order valence-electron chi connectivity index (χ3n) is 3.24. The Labute approximate surface area is 107 Å². The second-order valence-corrected chi connectivity index (χ2v) is 7.14. The average molecular weight is 267 g/mol. The van der Waals surface area contributed by atoms with Gasteiger partial charge in [0.15, 0.2) is 9.84 Å². The van der Waals surface area contributed by atoms with Gasteiger partial charge in [-0.15, -0.1) is 0 Å². The predicted molar refractivity (Wildman–Crippen MR) is 71.3 cm³/mol. The van der Waals surface area contributed by atoms with Crippen molar-refractivity contribution in [1.29, 1.82) is 0 Å². The summed E-state index contributed by atoms with van der Waals surface area (Å²) in [7, 11) is -3.01.